The standard InChI is InChI=1S/C13H19NO2/c1-9(8-13(15)14-3)11-5-6-12(16-4)10(2)7-11/h5-7,9H,8H2,1-4H3,(H,14,15). The minimum Gasteiger partial charge on any atom is -0.496 e. The molecule has 0 radical (unpaired) electrons. The number of ether oxygens (including phenoxy) is 1. The van der Waals surface area contributed by atoms with Crippen molar-refractivity contribution in [2.24, 2.45) is 0 Å². The first-order chi connectivity index (χ1) is 7.58. The summed E-state index contributed by atoms with van der Waals surface area (Å²) in [6, 6.07) is 6.04. The van der Waals surface area contributed by atoms with Crippen LogP contribution in [0.15, 0.2) is 18.2 Å². The Kier molecular flexibility index (Phi) is 4.35. The highest BCUT2D eigenvalue weighted by molar-refractivity contribution is 5.76. The van der Waals surface area contributed by atoms with Crippen molar-refractivity contribution in [1.29, 1.82) is 0 Å². The number of amides is 1. The molecule has 16 heavy (non-hydrogen) atoms. The number of carbonyl (C=O) groups excluding carboxylic acids is 1. The number of hydrogen-bond acceptors (Lipinski definition) is 2. The molecule has 0 fully saturated rings. The summed E-state index contributed by atoms with van der Waals surface area (Å²) in [7, 11) is 3.32. The number of nitrogens with one attached hydrogen (secondary N) is 1. The lowest BCUT2D eigenvalue weighted by molar-refractivity contribution is -0.120. The van der Waals surface area contributed by atoms with Gasteiger partial charge in [-0.2, -0.15) is 0 Å². The van der Waals surface area contributed by atoms with Crippen molar-refractivity contribution in [1.82, 2.24) is 5.32 Å². The zero-order valence-corrected chi connectivity index (χ0v) is 10.3. The summed E-state index contributed by atoms with van der Waals surface area (Å²) >= 11 is 0. The van der Waals surface area contributed by atoms with Crippen molar-refractivity contribution in [3.05, 3.63) is 29.3 Å². The van der Waals surface area contributed by atoms with Crippen molar-refractivity contribution in [3.63, 3.8) is 0 Å². The van der Waals surface area contributed by atoms with E-state index in [1.54, 1.807) is 14.2 Å². The van der Waals surface area contributed by atoms with Gasteiger partial charge in [-0.25, -0.2) is 0 Å². The fourth-order valence-corrected chi connectivity index (χ4v) is 1.71. The van der Waals surface area contributed by atoms with Crippen LogP contribution < -0.4 is 10.1 Å². The van der Waals surface area contributed by atoms with Crippen LogP contribution in [0.1, 0.15) is 30.4 Å². The highest BCUT2D eigenvalue weighted by Crippen LogP contribution is 2.25. The van der Waals surface area contributed by atoms with E-state index in [-0.39, 0.29) is 11.8 Å². The molecular formula is C13H19NO2. The molecule has 0 aliphatic rings. The number of methoxy groups -OCH3 is 1. The van der Waals surface area contributed by atoms with E-state index in [1.165, 1.54) is 5.56 Å². The van der Waals surface area contributed by atoms with Crippen LogP contribution in [0, 0.1) is 6.92 Å². The summed E-state index contributed by atoms with van der Waals surface area (Å²) in [5.41, 5.74) is 2.27. The first-order valence-corrected chi connectivity index (χ1v) is 5.43. The average Bonchev–Trinajstić information content (AvgIpc) is 2.28. The van der Waals surface area contributed by atoms with Gasteiger partial charge in [0.15, 0.2) is 0 Å². The van der Waals surface area contributed by atoms with Gasteiger partial charge >= 0.3 is 0 Å². The molecule has 1 aromatic rings. The van der Waals surface area contributed by atoms with Crippen LogP contribution in [-0.2, 0) is 4.79 Å². The molecule has 0 saturated carbocycles. The van der Waals surface area contributed by atoms with Crippen molar-refractivity contribution in [2.45, 2.75) is 26.2 Å². The molecule has 0 aliphatic carbocycles. The van der Waals surface area contributed by atoms with Gasteiger partial charge in [-0.15, -0.1) is 0 Å². The number of rotatable bonds is 4. The first-order valence-electron chi connectivity index (χ1n) is 5.43. The van der Waals surface area contributed by atoms with Crippen LogP contribution in [0.25, 0.3) is 0 Å². The molecule has 1 amide bonds. The Hall–Kier alpha value is -1.51. The summed E-state index contributed by atoms with van der Waals surface area (Å²) in [5.74, 6) is 1.18. The van der Waals surface area contributed by atoms with Gasteiger partial charge in [0.25, 0.3) is 0 Å². The summed E-state index contributed by atoms with van der Waals surface area (Å²) < 4.78 is 5.20. The Morgan fingerprint density at radius 3 is 2.69 bits per heavy atom. The fraction of sp³-hybridized carbons (Fsp3) is 0.462. The van der Waals surface area contributed by atoms with E-state index in [9.17, 15) is 4.79 Å². The fourth-order valence-electron chi connectivity index (χ4n) is 1.71. The van der Waals surface area contributed by atoms with Crippen LogP contribution >= 0.6 is 0 Å². The molecule has 0 heterocycles. The second-order valence-electron chi connectivity index (χ2n) is 4.01. The lowest BCUT2D eigenvalue weighted by atomic mass is 9.96. The molecule has 1 N–H and O–H groups in total. The monoisotopic (exact) mass is 221 g/mol. The Morgan fingerprint density at radius 2 is 2.19 bits per heavy atom. The Bertz CT molecular complexity index is 374. The largest absolute Gasteiger partial charge is 0.496 e. The van der Waals surface area contributed by atoms with Gasteiger partial charge in [-0.05, 0) is 30.0 Å². The number of aryl methyl sites for hydroxylation is 1. The summed E-state index contributed by atoms with van der Waals surface area (Å²) in [6.45, 7) is 4.06. The highest BCUT2D eigenvalue weighted by Gasteiger charge is 2.11. The van der Waals surface area contributed by atoms with E-state index < -0.39 is 0 Å². The van der Waals surface area contributed by atoms with Gasteiger partial charge < -0.3 is 10.1 Å². The van der Waals surface area contributed by atoms with Gasteiger partial charge in [-0.1, -0.05) is 19.1 Å². The molecule has 1 aromatic carbocycles. The predicted octanol–water partition coefficient (Wildman–Crippen LogP) is 2.24. The molecule has 88 valence electrons. The Labute approximate surface area is 96.8 Å². The molecule has 1 rings (SSSR count). The van der Waals surface area contributed by atoms with E-state index >= 15 is 0 Å². The maximum Gasteiger partial charge on any atom is 0.220 e. The van der Waals surface area contributed by atoms with E-state index in [0.29, 0.717) is 6.42 Å². The third-order valence-electron chi connectivity index (χ3n) is 2.76. The molecule has 0 aliphatic heterocycles. The second-order valence-corrected chi connectivity index (χ2v) is 4.01. The normalized spacial score (nSPS) is 12.0. The van der Waals surface area contributed by atoms with Gasteiger partial charge in [0, 0.05) is 13.5 Å². The maximum atomic E-state index is 11.3. The molecular weight excluding hydrogens is 202 g/mol. The van der Waals surface area contributed by atoms with Gasteiger partial charge in [0.2, 0.25) is 5.91 Å². The molecule has 1 unspecified atom stereocenters. The van der Waals surface area contributed by atoms with E-state index in [0.717, 1.165) is 11.3 Å². The summed E-state index contributed by atoms with van der Waals surface area (Å²) in [5, 5.41) is 2.64. The smallest absolute Gasteiger partial charge is 0.220 e. The molecule has 3 heteroatoms. The van der Waals surface area contributed by atoms with Crippen LogP contribution in [0.2, 0.25) is 0 Å². The lowest BCUT2D eigenvalue weighted by Crippen LogP contribution is -2.19. The van der Waals surface area contributed by atoms with Crippen molar-refractivity contribution in [2.75, 3.05) is 14.2 Å². The van der Waals surface area contributed by atoms with E-state index in [2.05, 4.69) is 18.3 Å². The third kappa shape index (κ3) is 2.99. The topological polar surface area (TPSA) is 38.3 Å². The molecule has 0 aromatic heterocycles. The quantitative estimate of drug-likeness (QED) is 0.846. The van der Waals surface area contributed by atoms with Gasteiger partial charge in [-0.3, -0.25) is 4.79 Å². The van der Waals surface area contributed by atoms with E-state index in [4.69, 9.17) is 4.74 Å². The van der Waals surface area contributed by atoms with Gasteiger partial charge in [0.1, 0.15) is 5.75 Å². The van der Waals surface area contributed by atoms with Crippen LogP contribution in [-0.4, -0.2) is 20.1 Å². The molecule has 0 spiro atoms. The second kappa shape index (κ2) is 5.54. The highest BCUT2D eigenvalue weighted by atomic mass is 16.5. The zero-order valence-electron chi connectivity index (χ0n) is 10.3. The summed E-state index contributed by atoms with van der Waals surface area (Å²) in [6.07, 6.45) is 0.516. The van der Waals surface area contributed by atoms with Crippen molar-refractivity contribution < 1.29 is 9.53 Å². The number of carbonyl (C=O) groups is 1. The number of hydrogen-bond donors (Lipinski definition) is 1. The van der Waals surface area contributed by atoms with Crippen LogP contribution in [0.3, 0.4) is 0 Å². The molecule has 0 bridgehead atoms. The Morgan fingerprint density at radius 1 is 1.50 bits per heavy atom. The van der Waals surface area contributed by atoms with Gasteiger partial charge in [0.05, 0.1) is 7.11 Å². The Balaban J connectivity index is 2.80. The summed E-state index contributed by atoms with van der Waals surface area (Å²) in [4.78, 5) is 11.3. The van der Waals surface area contributed by atoms with Crippen LogP contribution in [0.4, 0.5) is 0 Å². The lowest BCUT2D eigenvalue weighted by Gasteiger charge is -2.13. The van der Waals surface area contributed by atoms with Crippen LogP contribution in [0.5, 0.6) is 5.75 Å². The first kappa shape index (κ1) is 12.6. The number of benzene rings is 1. The SMILES string of the molecule is CNC(=O)CC(C)c1ccc(OC)c(C)c1. The molecule has 1 atom stereocenters. The predicted molar refractivity (Wildman–Crippen MR) is 64.8 cm³/mol. The minimum absolute atomic E-state index is 0.0703. The third-order valence-corrected chi connectivity index (χ3v) is 2.76. The minimum atomic E-state index is 0.0703. The maximum absolute atomic E-state index is 11.3. The van der Waals surface area contributed by atoms with Crippen molar-refractivity contribution in [3.8, 4) is 5.75 Å². The van der Waals surface area contributed by atoms with Crippen molar-refractivity contribution >= 4 is 5.91 Å². The van der Waals surface area contributed by atoms with E-state index in [1.807, 2.05) is 19.1 Å². The zero-order chi connectivity index (χ0) is 12.1. The molecule has 3 nitrogen and oxygen atoms in total. The molecule has 0 saturated heterocycles. The average molecular weight is 221 g/mol.